The van der Waals surface area contributed by atoms with E-state index in [2.05, 4.69) is 168 Å². The average molecular weight is 656 g/mol. The van der Waals surface area contributed by atoms with Crippen LogP contribution in [-0.4, -0.2) is 14.5 Å². The molecule has 10 aromatic rings. The predicted molar refractivity (Wildman–Crippen MR) is 211 cm³/mol. The SMILES string of the molecule is c1ccc(-c2cc(-c3ccccc3)nc(-c3cccc4c3c3ccccc3n4-c3cc(-c4ccccc4)c4sc5ccccc5c4c3)n2)cc1. The maximum atomic E-state index is 5.24. The van der Waals surface area contributed by atoms with Gasteiger partial charge in [0.1, 0.15) is 0 Å². The molecule has 0 saturated heterocycles. The lowest BCUT2D eigenvalue weighted by atomic mass is 10.0. The number of aromatic nitrogens is 3. The molecule has 0 fully saturated rings. The van der Waals surface area contributed by atoms with Crippen molar-refractivity contribution in [1.82, 2.24) is 14.5 Å². The van der Waals surface area contributed by atoms with E-state index in [1.807, 2.05) is 23.5 Å². The minimum atomic E-state index is 0.711. The van der Waals surface area contributed by atoms with Crippen LogP contribution in [0.5, 0.6) is 0 Å². The van der Waals surface area contributed by atoms with Crippen molar-refractivity contribution in [2.24, 2.45) is 0 Å². The first-order valence-electron chi connectivity index (χ1n) is 16.8. The van der Waals surface area contributed by atoms with Crippen LogP contribution in [0.2, 0.25) is 0 Å². The fraction of sp³-hybridized carbons (Fsp3) is 0. The zero-order valence-electron chi connectivity index (χ0n) is 27.0. The van der Waals surface area contributed by atoms with Crippen LogP contribution in [0.15, 0.2) is 176 Å². The topological polar surface area (TPSA) is 30.7 Å². The van der Waals surface area contributed by atoms with Crippen molar-refractivity contribution in [1.29, 1.82) is 0 Å². The monoisotopic (exact) mass is 655 g/mol. The maximum absolute atomic E-state index is 5.24. The summed E-state index contributed by atoms with van der Waals surface area (Å²) in [4.78, 5) is 10.5. The summed E-state index contributed by atoms with van der Waals surface area (Å²) in [6.45, 7) is 0. The molecule has 0 spiro atoms. The number of para-hydroxylation sites is 1. The van der Waals surface area contributed by atoms with Gasteiger partial charge in [0.05, 0.1) is 22.4 Å². The molecule has 0 aliphatic rings. The first-order chi connectivity index (χ1) is 24.8. The number of benzene rings is 7. The van der Waals surface area contributed by atoms with Gasteiger partial charge in [-0.25, -0.2) is 9.97 Å². The summed E-state index contributed by atoms with van der Waals surface area (Å²) in [5.41, 5.74) is 10.8. The molecule has 0 bridgehead atoms. The van der Waals surface area contributed by atoms with E-state index in [4.69, 9.17) is 9.97 Å². The smallest absolute Gasteiger partial charge is 0.161 e. The highest BCUT2D eigenvalue weighted by Gasteiger charge is 2.21. The van der Waals surface area contributed by atoms with Gasteiger partial charge in [-0.05, 0) is 42.0 Å². The van der Waals surface area contributed by atoms with Crippen LogP contribution < -0.4 is 0 Å². The van der Waals surface area contributed by atoms with Gasteiger partial charge in [-0.3, -0.25) is 0 Å². The van der Waals surface area contributed by atoms with E-state index in [1.54, 1.807) is 0 Å². The summed E-state index contributed by atoms with van der Waals surface area (Å²) >= 11 is 1.87. The highest BCUT2D eigenvalue weighted by atomic mass is 32.1. The molecule has 0 aliphatic carbocycles. The van der Waals surface area contributed by atoms with Gasteiger partial charge in [-0.15, -0.1) is 11.3 Å². The van der Waals surface area contributed by atoms with Crippen LogP contribution in [0.1, 0.15) is 0 Å². The second-order valence-corrected chi connectivity index (χ2v) is 13.6. The van der Waals surface area contributed by atoms with Crippen LogP contribution in [0.3, 0.4) is 0 Å². The third kappa shape index (κ3) is 4.65. The Kier molecular flexibility index (Phi) is 6.68. The van der Waals surface area contributed by atoms with E-state index < -0.39 is 0 Å². The quantitative estimate of drug-likeness (QED) is 0.185. The van der Waals surface area contributed by atoms with Crippen LogP contribution in [0.25, 0.3) is 92.7 Å². The van der Waals surface area contributed by atoms with Crippen molar-refractivity contribution in [3.8, 4) is 50.7 Å². The molecule has 7 aromatic carbocycles. The van der Waals surface area contributed by atoms with E-state index in [9.17, 15) is 0 Å². The Morgan fingerprint density at radius 1 is 0.420 bits per heavy atom. The molecule has 50 heavy (non-hydrogen) atoms. The number of hydrogen-bond donors (Lipinski definition) is 0. The summed E-state index contributed by atoms with van der Waals surface area (Å²) in [7, 11) is 0. The van der Waals surface area contributed by atoms with Crippen LogP contribution in [0.4, 0.5) is 0 Å². The Bertz CT molecular complexity index is 2800. The third-order valence-corrected chi connectivity index (χ3v) is 10.8. The highest BCUT2D eigenvalue weighted by molar-refractivity contribution is 7.26. The lowest BCUT2D eigenvalue weighted by Gasteiger charge is -2.13. The molecule has 0 saturated carbocycles. The molecule has 0 atom stereocenters. The fourth-order valence-corrected chi connectivity index (χ4v) is 8.56. The first-order valence-corrected chi connectivity index (χ1v) is 17.7. The molecule has 0 radical (unpaired) electrons. The molecular weight excluding hydrogens is 627 g/mol. The first kappa shape index (κ1) is 28.6. The molecule has 0 unspecified atom stereocenters. The lowest BCUT2D eigenvalue weighted by molar-refractivity contribution is 1.18. The van der Waals surface area contributed by atoms with E-state index in [-0.39, 0.29) is 0 Å². The molecule has 4 heteroatoms. The normalized spacial score (nSPS) is 11.6. The Labute approximate surface area is 293 Å². The largest absolute Gasteiger partial charge is 0.309 e. The Hall–Kier alpha value is -6.36. The van der Waals surface area contributed by atoms with Gasteiger partial charge < -0.3 is 4.57 Å². The van der Waals surface area contributed by atoms with Gasteiger partial charge in [0.15, 0.2) is 5.82 Å². The number of hydrogen-bond acceptors (Lipinski definition) is 3. The van der Waals surface area contributed by atoms with E-state index in [1.165, 1.54) is 36.7 Å². The molecule has 3 heterocycles. The summed E-state index contributed by atoms with van der Waals surface area (Å²) in [6.07, 6.45) is 0. The van der Waals surface area contributed by atoms with E-state index in [0.717, 1.165) is 50.2 Å². The zero-order valence-corrected chi connectivity index (χ0v) is 27.8. The molecule has 3 aromatic heterocycles. The maximum Gasteiger partial charge on any atom is 0.161 e. The summed E-state index contributed by atoms with van der Waals surface area (Å²) < 4.78 is 5.03. The molecule has 3 nitrogen and oxygen atoms in total. The van der Waals surface area contributed by atoms with Gasteiger partial charge >= 0.3 is 0 Å². The van der Waals surface area contributed by atoms with Crippen LogP contribution in [0, 0.1) is 0 Å². The van der Waals surface area contributed by atoms with Crippen molar-refractivity contribution < 1.29 is 0 Å². The zero-order chi connectivity index (χ0) is 33.0. The van der Waals surface area contributed by atoms with Crippen LogP contribution in [-0.2, 0) is 0 Å². The van der Waals surface area contributed by atoms with Crippen molar-refractivity contribution in [3.05, 3.63) is 176 Å². The standard InChI is InChI=1S/C46H29N3S/c1-4-15-30(16-5-1)37-27-33(28-38-34-21-11-13-26-43(34)50-45(37)38)49-41-24-12-10-22-35(41)44-36(23-14-25-42(44)49)46-47-39(31-17-6-2-7-18-31)29-40(48-46)32-19-8-3-9-20-32/h1-29H. The molecular formula is C46H29N3S. The number of fused-ring (bicyclic) bond motifs is 6. The average Bonchev–Trinajstić information content (AvgIpc) is 3.74. The van der Waals surface area contributed by atoms with Gasteiger partial charge in [-0.2, -0.15) is 0 Å². The second-order valence-electron chi connectivity index (χ2n) is 12.6. The molecule has 0 N–H and O–H groups in total. The van der Waals surface area contributed by atoms with Crippen molar-refractivity contribution in [2.75, 3.05) is 0 Å². The second kappa shape index (κ2) is 11.7. The van der Waals surface area contributed by atoms with E-state index in [0.29, 0.717) is 5.82 Å². The Morgan fingerprint density at radius 3 is 1.70 bits per heavy atom. The fourth-order valence-electron chi connectivity index (χ4n) is 7.34. The van der Waals surface area contributed by atoms with Gasteiger partial charge in [0.25, 0.3) is 0 Å². The molecule has 234 valence electrons. The summed E-state index contributed by atoms with van der Waals surface area (Å²) in [5, 5.41) is 4.87. The minimum absolute atomic E-state index is 0.711. The summed E-state index contributed by atoms with van der Waals surface area (Å²) in [5.74, 6) is 0.711. The molecule has 10 rings (SSSR count). The van der Waals surface area contributed by atoms with E-state index >= 15 is 0 Å². The lowest BCUT2D eigenvalue weighted by Crippen LogP contribution is -1.97. The minimum Gasteiger partial charge on any atom is -0.309 e. The number of rotatable bonds is 5. The molecule has 0 aliphatic heterocycles. The van der Waals surface area contributed by atoms with Crippen molar-refractivity contribution in [2.45, 2.75) is 0 Å². The third-order valence-electron chi connectivity index (χ3n) is 9.61. The summed E-state index contributed by atoms with van der Waals surface area (Å²) in [6, 6.07) is 62.4. The molecule has 0 amide bonds. The van der Waals surface area contributed by atoms with Gasteiger partial charge in [-0.1, -0.05) is 140 Å². The van der Waals surface area contributed by atoms with Gasteiger partial charge in [0.2, 0.25) is 0 Å². The Balaban J connectivity index is 1.27. The number of thiophene rings is 1. The Morgan fingerprint density at radius 2 is 1.00 bits per heavy atom. The highest BCUT2D eigenvalue weighted by Crippen LogP contribution is 2.44. The van der Waals surface area contributed by atoms with Gasteiger partial charge in [0, 0.05) is 58.9 Å². The van der Waals surface area contributed by atoms with Crippen molar-refractivity contribution >= 4 is 53.3 Å². The van der Waals surface area contributed by atoms with Crippen LogP contribution >= 0.6 is 11.3 Å². The number of nitrogens with zero attached hydrogens (tertiary/aromatic N) is 3. The van der Waals surface area contributed by atoms with Crippen molar-refractivity contribution in [3.63, 3.8) is 0 Å². The predicted octanol–water partition coefficient (Wildman–Crippen LogP) is 12.6.